The molecule has 28 heavy (non-hydrogen) atoms. The van der Waals surface area contributed by atoms with E-state index in [9.17, 15) is 9.59 Å². The van der Waals surface area contributed by atoms with Crippen LogP contribution in [0.5, 0.6) is 0 Å². The Morgan fingerprint density at radius 2 is 2.00 bits per heavy atom. The first-order valence-electron chi connectivity index (χ1n) is 9.79. The lowest BCUT2D eigenvalue weighted by Gasteiger charge is -2.24. The second kappa shape index (κ2) is 8.78. The van der Waals surface area contributed by atoms with E-state index >= 15 is 0 Å². The Morgan fingerprint density at radius 1 is 1.25 bits per heavy atom. The fourth-order valence-electron chi connectivity index (χ4n) is 3.78. The first-order chi connectivity index (χ1) is 13.4. The van der Waals surface area contributed by atoms with E-state index in [1.54, 1.807) is 4.90 Å². The van der Waals surface area contributed by atoms with E-state index in [1.165, 1.54) is 0 Å². The summed E-state index contributed by atoms with van der Waals surface area (Å²) in [6.45, 7) is 7.24. The molecule has 2 aromatic carbocycles. The van der Waals surface area contributed by atoms with Crippen LogP contribution in [-0.4, -0.2) is 24.9 Å². The average Bonchev–Trinajstić information content (AvgIpc) is 3.03. The number of hydrogen-bond acceptors (Lipinski definition) is 2. The lowest BCUT2D eigenvalue weighted by Crippen LogP contribution is -2.34. The molecule has 0 spiro atoms. The first-order valence-corrected chi connectivity index (χ1v) is 10.2. The van der Waals surface area contributed by atoms with E-state index in [2.05, 4.69) is 25.2 Å². The highest BCUT2D eigenvalue weighted by Gasteiger charge is 2.36. The smallest absolute Gasteiger partial charge is 0.227 e. The molecule has 1 heterocycles. The van der Waals surface area contributed by atoms with Crippen LogP contribution in [0.3, 0.4) is 0 Å². The second-order valence-corrected chi connectivity index (χ2v) is 8.18. The molecule has 1 aliphatic heterocycles. The third-order valence-electron chi connectivity index (χ3n) is 5.26. The number of aryl methyl sites for hydroxylation is 1. The van der Waals surface area contributed by atoms with Crippen LogP contribution >= 0.6 is 11.6 Å². The van der Waals surface area contributed by atoms with Gasteiger partial charge in [-0.3, -0.25) is 9.59 Å². The molecular weight excluding hydrogens is 372 g/mol. The van der Waals surface area contributed by atoms with Crippen LogP contribution in [0, 0.1) is 12.8 Å². The van der Waals surface area contributed by atoms with Crippen LogP contribution in [0.15, 0.2) is 42.5 Å². The van der Waals surface area contributed by atoms with Crippen molar-refractivity contribution in [1.82, 2.24) is 5.32 Å². The van der Waals surface area contributed by atoms with Crippen LogP contribution in [0.4, 0.5) is 5.69 Å². The highest BCUT2D eigenvalue weighted by molar-refractivity contribution is 6.30. The molecule has 0 aliphatic carbocycles. The third kappa shape index (κ3) is 4.56. The topological polar surface area (TPSA) is 49.4 Å². The fourth-order valence-corrected chi connectivity index (χ4v) is 4.00. The minimum Gasteiger partial charge on any atom is -0.355 e. The number of halogens is 1. The minimum atomic E-state index is -0.313. The Kier molecular flexibility index (Phi) is 6.40. The van der Waals surface area contributed by atoms with Gasteiger partial charge in [-0.15, -0.1) is 0 Å². The van der Waals surface area contributed by atoms with Crippen molar-refractivity contribution in [1.29, 1.82) is 0 Å². The highest BCUT2D eigenvalue weighted by atomic mass is 35.5. The molecule has 0 saturated carbocycles. The van der Waals surface area contributed by atoms with Crippen LogP contribution in [0.1, 0.15) is 42.9 Å². The number of anilines is 1. The summed E-state index contributed by atoms with van der Waals surface area (Å²) in [4.78, 5) is 27.1. The van der Waals surface area contributed by atoms with Crippen molar-refractivity contribution < 1.29 is 9.59 Å². The summed E-state index contributed by atoms with van der Waals surface area (Å²) >= 11 is 6.00. The molecule has 0 radical (unpaired) electrons. The lowest BCUT2D eigenvalue weighted by atomic mass is 9.97. The van der Waals surface area contributed by atoms with Crippen molar-refractivity contribution >= 4 is 29.1 Å². The molecule has 1 atom stereocenters. The van der Waals surface area contributed by atoms with Gasteiger partial charge in [0.05, 0.1) is 5.92 Å². The van der Waals surface area contributed by atoms with E-state index in [0.717, 1.165) is 22.4 Å². The quantitative estimate of drug-likeness (QED) is 0.779. The molecule has 4 nitrogen and oxygen atoms in total. The van der Waals surface area contributed by atoms with Gasteiger partial charge in [0.2, 0.25) is 11.8 Å². The van der Waals surface area contributed by atoms with Crippen molar-refractivity contribution in [3.63, 3.8) is 0 Å². The summed E-state index contributed by atoms with van der Waals surface area (Å²) in [6, 6.07) is 13.7. The molecule has 148 valence electrons. The van der Waals surface area contributed by atoms with Gasteiger partial charge < -0.3 is 10.2 Å². The zero-order valence-corrected chi connectivity index (χ0v) is 17.4. The van der Waals surface area contributed by atoms with Gasteiger partial charge in [0.15, 0.2) is 0 Å². The molecule has 1 aliphatic rings. The number of nitrogens with zero attached hydrogens (tertiary/aromatic N) is 1. The molecule has 5 heteroatoms. The maximum absolute atomic E-state index is 12.7. The van der Waals surface area contributed by atoms with Gasteiger partial charge in [-0.25, -0.2) is 0 Å². The normalized spacial score (nSPS) is 16.7. The van der Waals surface area contributed by atoms with Crippen LogP contribution in [0.2, 0.25) is 5.02 Å². The molecular formula is C23H27ClN2O2. The van der Waals surface area contributed by atoms with Crippen LogP contribution in [-0.2, 0) is 16.0 Å². The van der Waals surface area contributed by atoms with Gasteiger partial charge in [-0.1, -0.05) is 55.8 Å². The number of rotatable bonds is 6. The number of amides is 2. The van der Waals surface area contributed by atoms with Gasteiger partial charge in [0.1, 0.15) is 0 Å². The lowest BCUT2D eigenvalue weighted by molar-refractivity contribution is -0.126. The third-order valence-corrected chi connectivity index (χ3v) is 5.49. The van der Waals surface area contributed by atoms with Crippen molar-refractivity contribution in [2.75, 3.05) is 18.0 Å². The first kappa shape index (κ1) is 20.4. The summed E-state index contributed by atoms with van der Waals surface area (Å²) in [5.74, 6) is -0.0384. The molecule has 2 aromatic rings. The monoisotopic (exact) mass is 398 g/mol. The second-order valence-electron chi connectivity index (χ2n) is 7.74. The number of carbonyl (C=O) groups is 2. The summed E-state index contributed by atoms with van der Waals surface area (Å²) in [5.41, 5.74) is 4.27. The van der Waals surface area contributed by atoms with Gasteiger partial charge in [-0.05, 0) is 48.1 Å². The zero-order chi connectivity index (χ0) is 20.3. The summed E-state index contributed by atoms with van der Waals surface area (Å²) < 4.78 is 0. The molecule has 1 N–H and O–H groups in total. The predicted octanol–water partition coefficient (Wildman–Crippen LogP) is 4.48. The number of nitrogens with one attached hydrogen (secondary N) is 1. The standard InChI is InChI=1S/C23H27ClN2O2/c1-15(2)20-9-4-6-16(3)22(20)26-14-18(13-21(26)27)23(28)25-11-10-17-7-5-8-19(24)12-17/h4-9,12,15,18H,10-11,13-14H2,1-3H3,(H,25,28). The fraction of sp³-hybridized carbons (Fsp3) is 0.391. The van der Waals surface area contributed by atoms with Gasteiger partial charge >= 0.3 is 0 Å². The number of hydrogen-bond donors (Lipinski definition) is 1. The predicted molar refractivity (Wildman–Crippen MR) is 114 cm³/mol. The van der Waals surface area contributed by atoms with Crippen molar-refractivity contribution in [3.05, 3.63) is 64.2 Å². The maximum Gasteiger partial charge on any atom is 0.227 e. The van der Waals surface area contributed by atoms with E-state index < -0.39 is 0 Å². The van der Waals surface area contributed by atoms with Crippen molar-refractivity contribution in [2.24, 2.45) is 5.92 Å². The maximum atomic E-state index is 12.7. The Hall–Kier alpha value is -2.33. The molecule has 1 fully saturated rings. The van der Waals surface area contributed by atoms with Gasteiger partial charge in [-0.2, -0.15) is 0 Å². The van der Waals surface area contributed by atoms with Crippen LogP contribution in [0.25, 0.3) is 0 Å². The highest BCUT2D eigenvalue weighted by Crippen LogP contribution is 2.34. The SMILES string of the molecule is Cc1cccc(C(C)C)c1N1CC(C(=O)NCCc2cccc(Cl)c2)CC1=O. The van der Waals surface area contributed by atoms with Gasteiger partial charge in [0.25, 0.3) is 0 Å². The van der Waals surface area contributed by atoms with E-state index in [1.807, 2.05) is 43.3 Å². The molecule has 1 saturated heterocycles. The average molecular weight is 399 g/mol. The molecule has 0 bridgehead atoms. The van der Waals surface area contributed by atoms with Crippen molar-refractivity contribution in [3.8, 4) is 0 Å². The van der Waals surface area contributed by atoms with E-state index in [-0.39, 0.29) is 24.2 Å². The number of para-hydroxylation sites is 1. The molecule has 0 aromatic heterocycles. The molecule has 1 unspecified atom stereocenters. The largest absolute Gasteiger partial charge is 0.355 e. The molecule has 2 amide bonds. The Bertz CT molecular complexity index is 879. The van der Waals surface area contributed by atoms with Crippen molar-refractivity contribution in [2.45, 2.75) is 39.5 Å². The van der Waals surface area contributed by atoms with Gasteiger partial charge in [0, 0.05) is 30.2 Å². The number of benzene rings is 2. The summed E-state index contributed by atoms with van der Waals surface area (Å²) in [6.07, 6.45) is 0.973. The Balaban J connectivity index is 1.64. The molecule has 3 rings (SSSR count). The Morgan fingerprint density at radius 3 is 2.71 bits per heavy atom. The van der Waals surface area contributed by atoms with E-state index in [4.69, 9.17) is 11.6 Å². The summed E-state index contributed by atoms with van der Waals surface area (Å²) in [5, 5.41) is 3.67. The minimum absolute atomic E-state index is 0.0196. The van der Waals surface area contributed by atoms with E-state index in [0.29, 0.717) is 30.5 Å². The van der Waals surface area contributed by atoms with Crippen LogP contribution < -0.4 is 10.2 Å². The zero-order valence-electron chi connectivity index (χ0n) is 16.7. The number of carbonyl (C=O) groups excluding carboxylic acids is 2. The Labute approximate surface area is 171 Å². The summed E-state index contributed by atoms with van der Waals surface area (Å²) in [7, 11) is 0.